The maximum Gasteiger partial charge on any atom is 1.00 e. The molecule has 0 aromatic carbocycles. The van der Waals surface area contributed by atoms with Crippen LogP contribution < -0.4 is 72.1 Å². The van der Waals surface area contributed by atoms with Gasteiger partial charge in [0.05, 0.1) is 12.9 Å². The number of nitrogens with two attached hydrogens (primary N) is 1. The molecule has 4 N–H and O–H groups in total. The van der Waals surface area contributed by atoms with Crippen molar-refractivity contribution in [1.82, 2.24) is 19.5 Å². The van der Waals surface area contributed by atoms with Gasteiger partial charge in [-0.1, -0.05) is 0 Å². The molecule has 0 saturated carbocycles. The Morgan fingerprint density at radius 2 is 1.83 bits per heavy atom. The summed E-state index contributed by atoms with van der Waals surface area (Å²) in [6, 6.07) is 0. The van der Waals surface area contributed by atoms with Crippen LogP contribution in [0.3, 0.4) is 0 Å². The molecule has 0 radical (unpaired) electrons. The van der Waals surface area contributed by atoms with Crippen molar-refractivity contribution in [3.8, 4) is 0 Å². The molecule has 2 aromatic heterocycles. The van der Waals surface area contributed by atoms with Crippen LogP contribution in [-0.2, 0) is 34.9 Å². The molecule has 0 amide bonds. The summed E-state index contributed by atoms with van der Waals surface area (Å²) in [7, 11) is -5.30. The van der Waals surface area contributed by atoms with E-state index in [4.69, 9.17) is 10.5 Å². The van der Waals surface area contributed by atoms with Gasteiger partial charge in [0.25, 0.3) is 7.82 Å². The van der Waals surface area contributed by atoms with E-state index in [0.29, 0.717) is 0 Å². The SMILES string of the molecule is Nc1ncnc2c1ncn2[C@@H]1O[C@H](COP(=O)([O-])OP(=O)([O-])[S-])C(O)[C@@H]1O.[Li+].[Li+].[Li+]. The van der Waals surface area contributed by atoms with Crippen LogP contribution in [0.15, 0.2) is 12.7 Å². The standard InChI is InChI=1S/C10H15N5O9P2S.3Li/c11-8-5-9(13-2-12-8)15(3-14-5)10-7(17)6(16)4(23-10)1-22-25(18,19)24-26(20,21)27;;;/h2-4,6-7,10,16-17H,1H2,(H,18,19)(H2,11,12,13)(H2,20,21,27);;;/q;3*+1/p-3/t4-,6?,7+,10-;;;/m1.../s1. The average Bonchev–Trinajstić information content (AvgIpc) is 3.07. The molecule has 150 valence electrons. The van der Waals surface area contributed by atoms with Crippen molar-refractivity contribution in [1.29, 1.82) is 0 Å². The van der Waals surface area contributed by atoms with Gasteiger partial charge in [0.2, 0.25) is 0 Å². The third kappa shape index (κ3) is 7.08. The van der Waals surface area contributed by atoms with E-state index < -0.39 is 45.8 Å². The van der Waals surface area contributed by atoms with E-state index in [1.807, 2.05) is 0 Å². The number of nitrogens with zero attached hydrogens (tertiary/aromatic N) is 4. The van der Waals surface area contributed by atoms with Crippen LogP contribution in [0.5, 0.6) is 0 Å². The number of ether oxygens (including phenoxy) is 1. The Balaban J connectivity index is 0.00000280. The molecule has 30 heavy (non-hydrogen) atoms. The van der Waals surface area contributed by atoms with E-state index in [1.54, 1.807) is 0 Å². The van der Waals surface area contributed by atoms with E-state index in [0.717, 1.165) is 6.33 Å². The quantitative estimate of drug-likeness (QED) is 0.207. The van der Waals surface area contributed by atoms with Gasteiger partial charge in [-0.3, -0.25) is 13.4 Å². The van der Waals surface area contributed by atoms with E-state index in [-0.39, 0.29) is 73.6 Å². The van der Waals surface area contributed by atoms with Crippen LogP contribution in [0.1, 0.15) is 6.23 Å². The van der Waals surface area contributed by atoms with E-state index in [9.17, 15) is 29.1 Å². The van der Waals surface area contributed by atoms with E-state index in [2.05, 4.69) is 36.0 Å². The minimum atomic E-state index is -5.30. The molecule has 6 atom stereocenters. The maximum absolute atomic E-state index is 11.4. The molecule has 2 aromatic rings. The number of aliphatic hydroxyl groups excluding tert-OH is 2. The van der Waals surface area contributed by atoms with Gasteiger partial charge in [0.1, 0.15) is 30.2 Å². The summed E-state index contributed by atoms with van der Waals surface area (Å²) in [6.45, 7) is -5.86. The first-order valence-electron chi connectivity index (χ1n) is 7.12. The number of rotatable bonds is 6. The monoisotopic (exact) mass is 461 g/mol. The first-order valence-corrected chi connectivity index (χ1v) is 11.1. The molecular weight excluding hydrogens is 449 g/mol. The molecule has 1 saturated heterocycles. The fourth-order valence-electron chi connectivity index (χ4n) is 2.46. The summed E-state index contributed by atoms with van der Waals surface area (Å²) in [4.78, 5) is 33.9. The zero-order chi connectivity index (χ0) is 20.0. The first-order chi connectivity index (χ1) is 12.5. The normalized spacial score (nSPS) is 27.2. The minimum absolute atomic E-state index is 0. The van der Waals surface area contributed by atoms with Crippen LogP contribution in [0.25, 0.3) is 11.2 Å². The van der Waals surface area contributed by atoms with Gasteiger partial charge in [0.15, 0.2) is 17.7 Å². The van der Waals surface area contributed by atoms with Crippen molar-refractivity contribution in [2.24, 2.45) is 0 Å². The summed E-state index contributed by atoms with van der Waals surface area (Å²) in [5.74, 6) is 0.0852. The maximum atomic E-state index is 11.4. The van der Waals surface area contributed by atoms with Crippen LogP contribution in [0, 0.1) is 0 Å². The summed E-state index contributed by atoms with van der Waals surface area (Å²) < 4.78 is 36.8. The smallest absolute Gasteiger partial charge is 0.797 e. The predicted molar refractivity (Wildman–Crippen MR) is 85.3 cm³/mol. The van der Waals surface area contributed by atoms with Crippen molar-refractivity contribution >= 4 is 43.9 Å². The van der Waals surface area contributed by atoms with Gasteiger partial charge in [-0.25, -0.2) is 15.0 Å². The molecule has 1 fully saturated rings. The average molecular weight is 461 g/mol. The minimum Gasteiger partial charge on any atom is -0.797 e. The second-order valence-corrected chi connectivity index (χ2v) is 9.44. The molecule has 1 aliphatic heterocycles. The van der Waals surface area contributed by atoms with Gasteiger partial charge in [-0.15, -0.1) is 0 Å². The summed E-state index contributed by atoms with van der Waals surface area (Å²) in [5, 5.41) is 20.3. The van der Waals surface area contributed by atoms with Gasteiger partial charge in [0, 0.05) is 6.80 Å². The molecule has 0 bridgehead atoms. The number of phosphoric acid groups is 1. The Hall–Kier alpha value is 0.672. The number of hydrogen-bond acceptors (Lipinski definition) is 14. The first kappa shape index (κ1) is 30.7. The number of aromatic nitrogens is 4. The predicted octanol–water partition coefficient (Wildman–Crippen LogP) is -11.4. The van der Waals surface area contributed by atoms with Crippen molar-refractivity contribution in [2.45, 2.75) is 24.5 Å². The zero-order valence-corrected chi connectivity index (χ0v) is 18.7. The number of imidazole rings is 1. The van der Waals surface area contributed by atoms with Gasteiger partial charge in [-0.05, 0) is 0 Å². The summed E-state index contributed by atoms with van der Waals surface area (Å²) >= 11 is 3.82. The van der Waals surface area contributed by atoms with Crippen molar-refractivity contribution in [3.05, 3.63) is 12.7 Å². The summed E-state index contributed by atoms with van der Waals surface area (Å²) in [6.07, 6.45) is -3.23. The second kappa shape index (κ2) is 11.7. The number of phosphoric ester groups is 1. The fourth-order valence-corrected chi connectivity index (χ4v) is 4.70. The molecule has 0 spiro atoms. The van der Waals surface area contributed by atoms with Gasteiger partial charge >= 0.3 is 56.6 Å². The van der Waals surface area contributed by atoms with Gasteiger partial charge < -0.3 is 51.8 Å². The number of nitrogen functional groups attached to an aromatic ring is 1. The molecule has 3 heterocycles. The fraction of sp³-hybridized carbons (Fsp3) is 0.500. The van der Waals surface area contributed by atoms with Crippen LogP contribution >= 0.6 is 14.6 Å². The Morgan fingerprint density at radius 1 is 1.20 bits per heavy atom. The molecular formula is C10H12Li3N5O9P2S. The topological polar surface area (TPSA) is 218 Å². The van der Waals surface area contributed by atoms with Crippen molar-refractivity contribution < 1.29 is 99.3 Å². The number of anilines is 1. The molecule has 0 aliphatic carbocycles. The molecule has 20 heteroatoms. The third-order valence-electron chi connectivity index (χ3n) is 3.60. The molecule has 1 aliphatic rings. The Bertz CT molecular complexity index is 951. The second-order valence-electron chi connectivity index (χ2n) is 5.40. The Labute approximate surface area is 211 Å². The number of fused-ring (bicyclic) bond motifs is 1. The van der Waals surface area contributed by atoms with Crippen LogP contribution in [0.2, 0.25) is 0 Å². The summed E-state index contributed by atoms with van der Waals surface area (Å²) in [5.41, 5.74) is 6.11. The zero-order valence-electron chi connectivity index (χ0n) is 16.1. The number of aliphatic hydroxyl groups is 2. The van der Waals surface area contributed by atoms with E-state index in [1.165, 1.54) is 10.9 Å². The molecule has 14 nitrogen and oxygen atoms in total. The Kier molecular flexibility index (Phi) is 12.0. The van der Waals surface area contributed by atoms with Crippen molar-refractivity contribution in [2.75, 3.05) is 12.3 Å². The molecule has 3 unspecified atom stereocenters. The van der Waals surface area contributed by atoms with E-state index >= 15 is 0 Å². The third-order valence-corrected chi connectivity index (χ3v) is 6.26. The van der Waals surface area contributed by atoms with Crippen LogP contribution in [0.4, 0.5) is 5.82 Å². The van der Waals surface area contributed by atoms with Crippen molar-refractivity contribution in [3.63, 3.8) is 0 Å². The van der Waals surface area contributed by atoms with Gasteiger partial charge in [-0.2, -0.15) is 0 Å². The largest absolute Gasteiger partial charge is 1.00 e. The number of hydrogen-bond donors (Lipinski definition) is 3. The van der Waals surface area contributed by atoms with Crippen LogP contribution in [-0.4, -0.2) is 54.7 Å². The Morgan fingerprint density at radius 3 is 2.43 bits per heavy atom. The molecule has 3 rings (SSSR count).